The SMILES string of the molecule is Cn1ccnc1COc1cccc(C#N)c1. The Balaban J connectivity index is 2.05. The van der Waals surface area contributed by atoms with Gasteiger partial charge in [-0.3, -0.25) is 0 Å². The molecule has 0 N–H and O–H groups in total. The van der Waals surface area contributed by atoms with E-state index < -0.39 is 0 Å². The van der Waals surface area contributed by atoms with Crippen LogP contribution in [0.2, 0.25) is 0 Å². The third-order valence-electron chi connectivity index (χ3n) is 2.25. The van der Waals surface area contributed by atoms with Crippen molar-refractivity contribution >= 4 is 0 Å². The lowest BCUT2D eigenvalue weighted by molar-refractivity contribution is 0.292. The van der Waals surface area contributed by atoms with Crippen molar-refractivity contribution in [2.24, 2.45) is 7.05 Å². The number of aromatic nitrogens is 2. The first-order chi connectivity index (χ1) is 7.79. The van der Waals surface area contributed by atoms with Crippen LogP contribution in [-0.2, 0) is 13.7 Å². The highest BCUT2D eigenvalue weighted by atomic mass is 16.5. The molecule has 0 amide bonds. The van der Waals surface area contributed by atoms with Crippen molar-refractivity contribution in [1.82, 2.24) is 9.55 Å². The van der Waals surface area contributed by atoms with E-state index in [0.29, 0.717) is 17.9 Å². The summed E-state index contributed by atoms with van der Waals surface area (Å²) in [6, 6.07) is 9.15. The molecular formula is C12H11N3O. The number of nitrogens with zero attached hydrogens (tertiary/aromatic N) is 3. The molecule has 0 spiro atoms. The number of ether oxygens (including phenoxy) is 1. The number of aryl methyl sites for hydroxylation is 1. The fraction of sp³-hybridized carbons (Fsp3) is 0.167. The highest BCUT2D eigenvalue weighted by molar-refractivity contribution is 5.36. The van der Waals surface area contributed by atoms with E-state index in [1.54, 1.807) is 24.4 Å². The van der Waals surface area contributed by atoms with Gasteiger partial charge < -0.3 is 9.30 Å². The van der Waals surface area contributed by atoms with Crippen molar-refractivity contribution in [2.75, 3.05) is 0 Å². The average Bonchev–Trinajstić information content (AvgIpc) is 2.72. The van der Waals surface area contributed by atoms with Crippen LogP contribution < -0.4 is 4.74 Å². The van der Waals surface area contributed by atoms with Crippen LogP contribution in [-0.4, -0.2) is 9.55 Å². The monoisotopic (exact) mass is 213 g/mol. The molecule has 2 rings (SSSR count). The Morgan fingerprint density at radius 3 is 3.06 bits per heavy atom. The van der Waals surface area contributed by atoms with Crippen molar-refractivity contribution < 1.29 is 4.74 Å². The molecule has 1 heterocycles. The molecule has 0 saturated heterocycles. The lowest BCUT2D eigenvalue weighted by Gasteiger charge is -2.05. The summed E-state index contributed by atoms with van der Waals surface area (Å²) >= 11 is 0. The van der Waals surface area contributed by atoms with E-state index in [0.717, 1.165) is 5.82 Å². The first kappa shape index (κ1) is 10.2. The van der Waals surface area contributed by atoms with Crippen LogP contribution in [0.15, 0.2) is 36.7 Å². The van der Waals surface area contributed by atoms with Crippen LogP contribution >= 0.6 is 0 Å². The zero-order chi connectivity index (χ0) is 11.4. The molecule has 80 valence electrons. The minimum absolute atomic E-state index is 0.401. The predicted molar refractivity (Wildman–Crippen MR) is 58.7 cm³/mol. The smallest absolute Gasteiger partial charge is 0.146 e. The molecule has 2 aromatic rings. The molecule has 1 aromatic carbocycles. The highest BCUT2D eigenvalue weighted by Gasteiger charge is 2.01. The second-order valence-electron chi connectivity index (χ2n) is 3.38. The zero-order valence-corrected chi connectivity index (χ0v) is 8.92. The molecule has 0 atom stereocenters. The van der Waals surface area contributed by atoms with Gasteiger partial charge in [0.1, 0.15) is 18.2 Å². The van der Waals surface area contributed by atoms with Crippen LogP contribution in [0.5, 0.6) is 5.75 Å². The predicted octanol–water partition coefficient (Wildman–Crippen LogP) is 1.87. The summed E-state index contributed by atoms with van der Waals surface area (Å²) in [6.45, 7) is 0.401. The van der Waals surface area contributed by atoms with Gasteiger partial charge in [0.15, 0.2) is 0 Å². The topological polar surface area (TPSA) is 50.8 Å². The van der Waals surface area contributed by atoms with E-state index in [1.165, 1.54) is 0 Å². The van der Waals surface area contributed by atoms with Crippen LogP contribution in [0.1, 0.15) is 11.4 Å². The van der Waals surface area contributed by atoms with E-state index >= 15 is 0 Å². The molecule has 0 bridgehead atoms. The average molecular weight is 213 g/mol. The number of benzene rings is 1. The molecule has 0 aliphatic heterocycles. The van der Waals surface area contributed by atoms with Gasteiger partial charge in [0, 0.05) is 19.4 Å². The summed E-state index contributed by atoms with van der Waals surface area (Å²) in [5.74, 6) is 1.53. The van der Waals surface area contributed by atoms with Crippen LogP contribution in [0.3, 0.4) is 0 Å². The molecule has 4 nitrogen and oxygen atoms in total. The van der Waals surface area contributed by atoms with Crippen LogP contribution in [0.4, 0.5) is 0 Å². The lowest BCUT2D eigenvalue weighted by atomic mass is 10.2. The Morgan fingerprint density at radius 2 is 2.38 bits per heavy atom. The van der Waals surface area contributed by atoms with Gasteiger partial charge in [-0.2, -0.15) is 5.26 Å². The Bertz CT molecular complexity index is 525. The second kappa shape index (κ2) is 4.49. The third-order valence-corrected chi connectivity index (χ3v) is 2.25. The van der Waals surface area contributed by atoms with Crippen molar-refractivity contribution in [3.05, 3.63) is 48.0 Å². The van der Waals surface area contributed by atoms with Gasteiger partial charge in [0.2, 0.25) is 0 Å². The first-order valence-corrected chi connectivity index (χ1v) is 4.89. The largest absolute Gasteiger partial charge is 0.486 e. The Kier molecular flexibility index (Phi) is 2.88. The maximum Gasteiger partial charge on any atom is 0.146 e. The first-order valence-electron chi connectivity index (χ1n) is 4.89. The van der Waals surface area contributed by atoms with Gasteiger partial charge in [-0.25, -0.2) is 4.98 Å². The van der Waals surface area contributed by atoms with Crippen LogP contribution in [0, 0.1) is 11.3 Å². The molecule has 0 radical (unpaired) electrons. The molecule has 0 unspecified atom stereocenters. The van der Waals surface area contributed by atoms with Gasteiger partial charge in [-0.15, -0.1) is 0 Å². The lowest BCUT2D eigenvalue weighted by Crippen LogP contribution is -2.02. The normalized spacial score (nSPS) is 9.75. The van der Waals surface area contributed by atoms with E-state index in [2.05, 4.69) is 11.1 Å². The zero-order valence-electron chi connectivity index (χ0n) is 8.92. The van der Waals surface area contributed by atoms with E-state index in [4.69, 9.17) is 10.00 Å². The number of hydrogen-bond donors (Lipinski definition) is 0. The second-order valence-corrected chi connectivity index (χ2v) is 3.38. The van der Waals surface area contributed by atoms with E-state index in [-0.39, 0.29) is 0 Å². The molecule has 16 heavy (non-hydrogen) atoms. The maximum atomic E-state index is 8.74. The number of imidazole rings is 1. The molecule has 1 aromatic heterocycles. The summed E-state index contributed by atoms with van der Waals surface area (Å²) in [6.07, 6.45) is 3.59. The number of nitriles is 1. The van der Waals surface area contributed by atoms with Crippen molar-refractivity contribution in [3.8, 4) is 11.8 Å². The summed E-state index contributed by atoms with van der Waals surface area (Å²) in [7, 11) is 1.91. The van der Waals surface area contributed by atoms with Crippen molar-refractivity contribution in [2.45, 2.75) is 6.61 Å². The molecule has 0 aliphatic carbocycles. The Hall–Kier alpha value is -2.28. The summed E-state index contributed by atoms with van der Waals surface area (Å²) < 4.78 is 7.44. The van der Waals surface area contributed by atoms with Gasteiger partial charge in [0.25, 0.3) is 0 Å². The van der Waals surface area contributed by atoms with Gasteiger partial charge >= 0.3 is 0 Å². The third kappa shape index (κ3) is 2.20. The summed E-state index contributed by atoms with van der Waals surface area (Å²) in [5.41, 5.74) is 0.595. The fourth-order valence-electron chi connectivity index (χ4n) is 1.34. The van der Waals surface area contributed by atoms with Crippen molar-refractivity contribution in [3.63, 3.8) is 0 Å². The highest BCUT2D eigenvalue weighted by Crippen LogP contribution is 2.13. The molecular weight excluding hydrogens is 202 g/mol. The van der Waals surface area contributed by atoms with Gasteiger partial charge in [-0.1, -0.05) is 6.07 Å². The van der Waals surface area contributed by atoms with E-state index in [1.807, 2.05) is 23.9 Å². The standard InChI is InChI=1S/C12H11N3O/c1-15-6-5-14-12(15)9-16-11-4-2-3-10(7-11)8-13/h2-7H,9H2,1H3. The van der Waals surface area contributed by atoms with Crippen molar-refractivity contribution in [1.29, 1.82) is 5.26 Å². The quantitative estimate of drug-likeness (QED) is 0.782. The number of hydrogen-bond acceptors (Lipinski definition) is 3. The molecule has 4 heteroatoms. The van der Waals surface area contributed by atoms with Crippen LogP contribution in [0.25, 0.3) is 0 Å². The van der Waals surface area contributed by atoms with E-state index in [9.17, 15) is 0 Å². The van der Waals surface area contributed by atoms with Gasteiger partial charge in [-0.05, 0) is 18.2 Å². The van der Waals surface area contributed by atoms with Gasteiger partial charge in [0.05, 0.1) is 11.6 Å². The molecule has 0 fully saturated rings. The molecule has 0 aliphatic rings. The molecule has 0 saturated carbocycles. The minimum Gasteiger partial charge on any atom is -0.486 e. The fourth-order valence-corrected chi connectivity index (χ4v) is 1.34. The number of rotatable bonds is 3. The Morgan fingerprint density at radius 1 is 1.50 bits per heavy atom. The Labute approximate surface area is 93.7 Å². The summed E-state index contributed by atoms with van der Waals surface area (Å²) in [4.78, 5) is 4.15. The summed E-state index contributed by atoms with van der Waals surface area (Å²) in [5, 5.41) is 8.74. The minimum atomic E-state index is 0.401. The maximum absolute atomic E-state index is 8.74.